The van der Waals surface area contributed by atoms with Crippen LogP contribution < -0.4 is 16.4 Å². The van der Waals surface area contributed by atoms with Crippen LogP contribution in [0.3, 0.4) is 0 Å². The molecule has 4 nitrogen and oxygen atoms in total. The van der Waals surface area contributed by atoms with Crippen molar-refractivity contribution in [2.75, 3.05) is 25.0 Å². The number of anilines is 1. The van der Waals surface area contributed by atoms with Crippen LogP contribution >= 0.6 is 0 Å². The van der Waals surface area contributed by atoms with Crippen LogP contribution in [0.2, 0.25) is 0 Å². The summed E-state index contributed by atoms with van der Waals surface area (Å²) >= 11 is 0. The van der Waals surface area contributed by atoms with Crippen LogP contribution in [0.1, 0.15) is 18.4 Å². The summed E-state index contributed by atoms with van der Waals surface area (Å²) in [6.07, 6.45) is 1.82. The Morgan fingerprint density at radius 2 is 2.00 bits per heavy atom. The SMILES string of the molecule is NCC#Cc1ccc(NC(=O)C2CCNCC2)cc1. The van der Waals surface area contributed by atoms with E-state index < -0.39 is 0 Å². The van der Waals surface area contributed by atoms with Crippen molar-refractivity contribution in [1.82, 2.24) is 5.32 Å². The van der Waals surface area contributed by atoms with Crippen molar-refractivity contribution < 1.29 is 4.79 Å². The molecular weight excluding hydrogens is 238 g/mol. The summed E-state index contributed by atoms with van der Waals surface area (Å²) in [6, 6.07) is 7.53. The zero-order valence-corrected chi connectivity index (χ0v) is 10.9. The van der Waals surface area contributed by atoms with Gasteiger partial charge in [0.05, 0.1) is 6.54 Å². The van der Waals surface area contributed by atoms with Crippen LogP contribution in [-0.2, 0) is 4.79 Å². The molecule has 100 valence electrons. The standard InChI is InChI=1S/C15H19N3O/c16-9-1-2-12-3-5-14(6-4-12)18-15(19)13-7-10-17-11-8-13/h3-6,13,17H,7-11,16H2,(H,18,19). The predicted octanol–water partition coefficient (Wildman–Crippen LogP) is 0.935. The second-order valence-electron chi connectivity index (χ2n) is 4.60. The molecule has 1 amide bonds. The van der Waals surface area contributed by atoms with Crippen molar-refractivity contribution in [3.8, 4) is 11.8 Å². The van der Waals surface area contributed by atoms with Gasteiger partial charge < -0.3 is 16.4 Å². The normalized spacial score (nSPS) is 15.4. The molecule has 0 aromatic heterocycles. The Hall–Kier alpha value is -1.83. The topological polar surface area (TPSA) is 67.1 Å². The molecule has 0 spiro atoms. The maximum Gasteiger partial charge on any atom is 0.227 e. The van der Waals surface area contributed by atoms with Crippen LogP contribution in [0.5, 0.6) is 0 Å². The van der Waals surface area contributed by atoms with E-state index >= 15 is 0 Å². The van der Waals surface area contributed by atoms with Crippen molar-refractivity contribution in [1.29, 1.82) is 0 Å². The highest BCUT2D eigenvalue weighted by Gasteiger charge is 2.20. The van der Waals surface area contributed by atoms with Gasteiger partial charge in [0.2, 0.25) is 5.91 Å². The van der Waals surface area contributed by atoms with Crippen LogP contribution in [0.4, 0.5) is 5.69 Å². The molecule has 0 bridgehead atoms. The smallest absolute Gasteiger partial charge is 0.227 e. The minimum absolute atomic E-state index is 0.113. The molecule has 1 aliphatic rings. The number of carbonyl (C=O) groups is 1. The molecule has 1 aromatic carbocycles. The molecule has 0 radical (unpaired) electrons. The molecule has 1 fully saturated rings. The summed E-state index contributed by atoms with van der Waals surface area (Å²) in [6.45, 7) is 2.20. The first kappa shape index (κ1) is 13.6. The summed E-state index contributed by atoms with van der Waals surface area (Å²) in [5.74, 6) is 5.99. The molecule has 4 heteroatoms. The minimum Gasteiger partial charge on any atom is -0.326 e. The third-order valence-electron chi connectivity index (χ3n) is 3.20. The Labute approximate surface area is 113 Å². The van der Waals surface area contributed by atoms with E-state index in [0.29, 0.717) is 6.54 Å². The molecule has 2 rings (SSSR count). The fourth-order valence-corrected chi connectivity index (χ4v) is 2.12. The molecule has 4 N–H and O–H groups in total. The van der Waals surface area contributed by atoms with E-state index in [1.807, 2.05) is 24.3 Å². The zero-order chi connectivity index (χ0) is 13.5. The number of amides is 1. The molecule has 0 atom stereocenters. The third-order valence-corrected chi connectivity index (χ3v) is 3.20. The molecule has 0 aliphatic carbocycles. The van der Waals surface area contributed by atoms with Crippen LogP contribution in [-0.4, -0.2) is 25.5 Å². The highest BCUT2D eigenvalue weighted by Crippen LogP contribution is 2.15. The summed E-state index contributed by atoms with van der Waals surface area (Å²) in [7, 11) is 0. The summed E-state index contributed by atoms with van der Waals surface area (Å²) in [4.78, 5) is 12.0. The lowest BCUT2D eigenvalue weighted by Crippen LogP contribution is -2.34. The molecule has 1 aliphatic heterocycles. The van der Waals surface area contributed by atoms with Gasteiger partial charge in [0.25, 0.3) is 0 Å². The van der Waals surface area contributed by atoms with Crippen molar-refractivity contribution in [3.63, 3.8) is 0 Å². The quantitative estimate of drug-likeness (QED) is 0.691. The van der Waals surface area contributed by atoms with Crippen molar-refractivity contribution in [2.24, 2.45) is 11.7 Å². The van der Waals surface area contributed by atoms with E-state index in [1.165, 1.54) is 0 Å². The number of nitrogens with two attached hydrogens (primary N) is 1. The highest BCUT2D eigenvalue weighted by molar-refractivity contribution is 5.92. The average Bonchev–Trinajstić information content (AvgIpc) is 2.47. The van der Waals surface area contributed by atoms with Crippen LogP contribution in [0, 0.1) is 17.8 Å². The molecule has 0 unspecified atom stereocenters. The highest BCUT2D eigenvalue weighted by atomic mass is 16.1. The van der Waals surface area contributed by atoms with E-state index in [0.717, 1.165) is 37.2 Å². The summed E-state index contributed by atoms with van der Waals surface area (Å²) in [5, 5.41) is 6.21. The molecule has 1 aromatic rings. The van der Waals surface area contributed by atoms with E-state index in [-0.39, 0.29) is 11.8 Å². The molecule has 19 heavy (non-hydrogen) atoms. The van der Waals surface area contributed by atoms with E-state index in [4.69, 9.17) is 5.73 Å². The third kappa shape index (κ3) is 4.09. The zero-order valence-electron chi connectivity index (χ0n) is 10.9. The lowest BCUT2D eigenvalue weighted by Gasteiger charge is -2.21. The van der Waals surface area contributed by atoms with Gasteiger partial charge in [-0.05, 0) is 50.2 Å². The van der Waals surface area contributed by atoms with Gasteiger partial charge in [0, 0.05) is 17.2 Å². The van der Waals surface area contributed by atoms with Crippen LogP contribution in [0.25, 0.3) is 0 Å². The van der Waals surface area contributed by atoms with Crippen molar-refractivity contribution >= 4 is 11.6 Å². The van der Waals surface area contributed by atoms with Gasteiger partial charge in [-0.2, -0.15) is 0 Å². The largest absolute Gasteiger partial charge is 0.326 e. The van der Waals surface area contributed by atoms with Gasteiger partial charge in [0.1, 0.15) is 0 Å². The maximum atomic E-state index is 12.0. The maximum absolute atomic E-state index is 12.0. The fraction of sp³-hybridized carbons (Fsp3) is 0.400. The first-order valence-electron chi connectivity index (χ1n) is 6.60. The second kappa shape index (κ2) is 6.93. The van der Waals surface area contributed by atoms with E-state index in [1.54, 1.807) is 0 Å². The molecule has 1 heterocycles. The van der Waals surface area contributed by atoms with Crippen LogP contribution in [0.15, 0.2) is 24.3 Å². The minimum atomic E-state index is 0.113. The number of nitrogens with one attached hydrogen (secondary N) is 2. The monoisotopic (exact) mass is 257 g/mol. The van der Waals surface area contributed by atoms with Gasteiger partial charge in [-0.1, -0.05) is 11.8 Å². The number of hydrogen-bond acceptors (Lipinski definition) is 3. The first-order chi connectivity index (χ1) is 9.29. The number of hydrogen-bond donors (Lipinski definition) is 3. The Kier molecular flexibility index (Phi) is 4.96. The number of benzene rings is 1. The predicted molar refractivity (Wildman–Crippen MR) is 76.6 cm³/mol. The number of carbonyl (C=O) groups excluding carboxylic acids is 1. The van der Waals surface area contributed by atoms with Gasteiger partial charge in [0.15, 0.2) is 0 Å². The van der Waals surface area contributed by atoms with Crippen molar-refractivity contribution in [3.05, 3.63) is 29.8 Å². The van der Waals surface area contributed by atoms with Gasteiger partial charge in [-0.15, -0.1) is 0 Å². The van der Waals surface area contributed by atoms with Gasteiger partial charge in [-0.25, -0.2) is 0 Å². The Bertz CT molecular complexity index is 478. The summed E-state index contributed by atoms with van der Waals surface area (Å²) in [5.41, 5.74) is 7.05. The van der Waals surface area contributed by atoms with Gasteiger partial charge in [-0.3, -0.25) is 4.79 Å². The number of piperidine rings is 1. The molecule has 0 saturated carbocycles. The van der Waals surface area contributed by atoms with E-state index in [9.17, 15) is 4.79 Å². The first-order valence-corrected chi connectivity index (χ1v) is 6.60. The Morgan fingerprint density at radius 3 is 2.63 bits per heavy atom. The Balaban J connectivity index is 1.93. The fourth-order valence-electron chi connectivity index (χ4n) is 2.12. The second-order valence-corrected chi connectivity index (χ2v) is 4.60. The molecular formula is C15H19N3O. The lowest BCUT2D eigenvalue weighted by atomic mass is 9.97. The lowest BCUT2D eigenvalue weighted by molar-refractivity contribution is -0.120. The van der Waals surface area contributed by atoms with Crippen molar-refractivity contribution in [2.45, 2.75) is 12.8 Å². The van der Waals surface area contributed by atoms with E-state index in [2.05, 4.69) is 22.5 Å². The van der Waals surface area contributed by atoms with Gasteiger partial charge >= 0.3 is 0 Å². The average molecular weight is 257 g/mol. The molecule has 1 saturated heterocycles. The Morgan fingerprint density at radius 1 is 1.32 bits per heavy atom. The summed E-state index contributed by atoms with van der Waals surface area (Å²) < 4.78 is 0. The number of rotatable bonds is 2.